The zero-order valence-electron chi connectivity index (χ0n) is 8.71. The Bertz CT molecular complexity index is 569. The van der Waals surface area contributed by atoms with Crippen LogP contribution in [0, 0.1) is 11.8 Å². The van der Waals surface area contributed by atoms with Crippen molar-refractivity contribution in [2.45, 2.75) is 6.54 Å². The van der Waals surface area contributed by atoms with Gasteiger partial charge in [-0.2, -0.15) is 8.78 Å². The third-order valence-electron chi connectivity index (χ3n) is 2.20. The van der Waals surface area contributed by atoms with Crippen molar-refractivity contribution in [1.82, 2.24) is 10.2 Å². The lowest BCUT2D eigenvalue weighted by atomic mass is 10.2. The molecular formula is C11H9F2N3O. The number of anilines is 1. The van der Waals surface area contributed by atoms with Crippen molar-refractivity contribution >= 4 is 5.69 Å². The average Bonchev–Trinajstić information content (AvgIpc) is 2.35. The van der Waals surface area contributed by atoms with E-state index in [2.05, 4.69) is 10.4 Å². The van der Waals surface area contributed by atoms with E-state index in [4.69, 9.17) is 0 Å². The topological polar surface area (TPSA) is 57.8 Å². The zero-order valence-corrected chi connectivity index (χ0v) is 8.71. The monoisotopic (exact) mass is 237 g/mol. The summed E-state index contributed by atoms with van der Waals surface area (Å²) in [5.74, 6) is -2.61. The third-order valence-corrected chi connectivity index (χ3v) is 2.20. The first-order valence-electron chi connectivity index (χ1n) is 4.90. The first kappa shape index (κ1) is 11.3. The minimum absolute atomic E-state index is 0.226. The van der Waals surface area contributed by atoms with Crippen LogP contribution in [0.5, 0.6) is 0 Å². The molecule has 2 rings (SSSR count). The van der Waals surface area contributed by atoms with Crippen LogP contribution in [0.25, 0.3) is 0 Å². The van der Waals surface area contributed by atoms with Gasteiger partial charge in [0.15, 0.2) is 0 Å². The molecule has 2 N–H and O–H groups in total. The van der Waals surface area contributed by atoms with Crippen LogP contribution in [0.15, 0.2) is 35.1 Å². The Labute approximate surface area is 95.3 Å². The summed E-state index contributed by atoms with van der Waals surface area (Å²) in [7, 11) is 0. The highest BCUT2D eigenvalue weighted by Crippen LogP contribution is 2.10. The molecule has 2 aromatic rings. The smallest absolute Gasteiger partial charge is 0.290 e. The molecular weight excluding hydrogens is 228 g/mol. The quantitative estimate of drug-likeness (QED) is 0.853. The highest BCUT2D eigenvalue weighted by molar-refractivity contribution is 5.41. The maximum atomic E-state index is 13.2. The van der Waals surface area contributed by atoms with Gasteiger partial charge >= 0.3 is 0 Å². The van der Waals surface area contributed by atoms with Gasteiger partial charge < -0.3 is 5.32 Å². The predicted molar refractivity (Wildman–Crippen MR) is 58.5 cm³/mol. The number of nitrogens with zero attached hydrogens (tertiary/aromatic N) is 1. The van der Waals surface area contributed by atoms with E-state index in [1.165, 1.54) is 0 Å². The fraction of sp³-hybridized carbons (Fsp3) is 0.0909. The van der Waals surface area contributed by atoms with Crippen molar-refractivity contribution in [3.63, 3.8) is 0 Å². The van der Waals surface area contributed by atoms with E-state index in [9.17, 15) is 13.6 Å². The summed E-state index contributed by atoms with van der Waals surface area (Å²) in [5.41, 5.74) is -0.385. The summed E-state index contributed by atoms with van der Waals surface area (Å²) in [5, 5.41) is 7.28. The van der Waals surface area contributed by atoms with Crippen LogP contribution in [0.1, 0.15) is 5.56 Å². The lowest BCUT2D eigenvalue weighted by Gasteiger charge is -2.06. The van der Waals surface area contributed by atoms with Gasteiger partial charge in [0.05, 0.1) is 0 Å². The maximum Gasteiger partial charge on any atom is 0.290 e. The van der Waals surface area contributed by atoms with E-state index in [0.717, 1.165) is 5.56 Å². The van der Waals surface area contributed by atoms with Crippen molar-refractivity contribution in [2.24, 2.45) is 0 Å². The van der Waals surface area contributed by atoms with Crippen LogP contribution in [0.3, 0.4) is 0 Å². The van der Waals surface area contributed by atoms with E-state index in [1.54, 1.807) is 12.1 Å². The molecule has 1 aromatic carbocycles. The molecule has 17 heavy (non-hydrogen) atoms. The second-order valence-corrected chi connectivity index (χ2v) is 3.37. The Kier molecular flexibility index (Phi) is 3.13. The standard InChI is InChI=1S/C11H9F2N3O/c12-8-9(11(17)16-15-10(8)13)14-6-7-4-2-1-3-5-7/h1-5H,6H2,(H,14,15)(H,16,17). The molecule has 88 valence electrons. The van der Waals surface area contributed by atoms with Crippen LogP contribution in [-0.2, 0) is 6.54 Å². The molecule has 0 amide bonds. The number of aromatic nitrogens is 2. The molecule has 0 saturated heterocycles. The largest absolute Gasteiger partial charge is 0.374 e. The number of hydrogen-bond donors (Lipinski definition) is 2. The third kappa shape index (κ3) is 2.47. The molecule has 0 fully saturated rings. The summed E-state index contributed by atoms with van der Waals surface area (Å²) in [6, 6.07) is 9.06. The Morgan fingerprint density at radius 2 is 1.94 bits per heavy atom. The van der Waals surface area contributed by atoms with Crippen molar-refractivity contribution in [3.05, 3.63) is 58.0 Å². The first-order chi connectivity index (χ1) is 8.18. The summed E-state index contributed by atoms with van der Waals surface area (Å²) in [4.78, 5) is 11.2. The Morgan fingerprint density at radius 3 is 2.65 bits per heavy atom. The lowest BCUT2D eigenvalue weighted by Crippen LogP contribution is -2.19. The van der Waals surface area contributed by atoms with Crippen LogP contribution in [-0.4, -0.2) is 10.2 Å². The van der Waals surface area contributed by atoms with Gasteiger partial charge in [-0.3, -0.25) is 4.79 Å². The zero-order chi connectivity index (χ0) is 12.3. The molecule has 0 saturated carbocycles. The highest BCUT2D eigenvalue weighted by Gasteiger charge is 2.13. The molecule has 4 nitrogen and oxygen atoms in total. The van der Waals surface area contributed by atoms with Gasteiger partial charge in [-0.1, -0.05) is 30.3 Å². The first-order valence-corrected chi connectivity index (χ1v) is 4.90. The van der Waals surface area contributed by atoms with Crippen molar-refractivity contribution in [2.75, 3.05) is 5.32 Å². The number of nitrogens with one attached hydrogen (secondary N) is 2. The molecule has 0 atom stereocenters. The molecule has 0 aliphatic rings. The lowest BCUT2D eigenvalue weighted by molar-refractivity contribution is 0.465. The summed E-state index contributed by atoms with van der Waals surface area (Å²) in [6.45, 7) is 0.226. The van der Waals surface area contributed by atoms with Crippen LogP contribution in [0.4, 0.5) is 14.5 Å². The predicted octanol–water partition coefficient (Wildman–Crippen LogP) is 1.66. The number of halogens is 2. The minimum atomic E-state index is -1.33. The molecule has 1 aromatic heterocycles. The number of benzene rings is 1. The second-order valence-electron chi connectivity index (χ2n) is 3.37. The van der Waals surface area contributed by atoms with Gasteiger partial charge in [0.1, 0.15) is 5.69 Å². The molecule has 0 aliphatic carbocycles. The van der Waals surface area contributed by atoms with E-state index >= 15 is 0 Å². The molecule has 0 bridgehead atoms. The average molecular weight is 237 g/mol. The normalized spacial score (nSPS) is 10.2. The SMILES string of the molecule is O=c1[nH]nc(F)c(F)c1NCc1ccccc1. The van der Waals surface area contributed by atoms with Gasteiger partial charge in [0.25, 0.3) is 11.5 Å². The van der Waals surface area contributed by atoms with Gasteiger partial charge in [-0.15, -0.1) is 5.10 Å². The second kappa shape index (κ2) is 4.73. The van der Waals surface area contributed by atoms with E-state index in [0.29, 0.717) is 0 Å². The fourth-order valence-corrected chi connectivity index (χ4v) is 1.35. The summed E-state index contributed by atoms with van der Waals surface area (Å²) in [6.07, 6.45) is 0. The molecule has 6 heteroatoms. The van der Waals surface area contributed by atoms with E-state index in [1.807, 2.05) is 23.3 Å². The maximum absolute atomic E-state index is 13.2. The van der Waals surface area contributed by atoms with Crippen LogP contribution >= 0.6 is 0 Å². The number of hydrogen-bond acceptors (Lipinski definition) is 3. The molecule has 0 radical (unpaired) electrons. The van der Waals surface area contributed by atoms with Gasteiger partial charge in [-0.25, -0.2) is 5.10 Å². The Balaban J connectivity index is 2.20. The van der Waals surface area contributed by atoms with Crippen molar-refractivity contribution < 1.29 is 8.78 Å². The van der Waals surface area contributed by atoms with Crippen LogP contribution < -0.4 is 10.9 Å². The van der Waals surface area contributed by atoms with Crippen molar-refractivity contribution in [3.8, 4) is 0 Å². The van der Waals surface area contributed by atoms with E-state index < -0.39 is 23.0 Å². The van der Waals surface area contributed by atoms with Crippen molar-refractivity contribution in [1.29, 1.82) is 0 Å². The minimum Gasteiger partial charge on any atom is -0.374 e. The Morgan fingerprint density at radius 1 is 1.24 bits per heavy atom. The van der Waals surface area contributed by atoms with Crippen LogP contribution in [0.2, 0.25) is 0 Å². The summed E-state index contributed by atoms with van der Waals surface area (Å²) < 4.78 is 26.0. The fourth-order valence-electron chi connectivity index (χ4n) is 1.35. The molecule has 1 heterocycles. The Hall–Kier alpha value is -2.24. The molecule has 0 unspecified atom stereocenters. The summed E-state index contributed by atoms with van der Waals surface area (Å²) >= 11 is 0. The number of H-pyrrole nitrogens is 1. The molecule has 0 spiro atoms. The highest BCUT2D eigenvalue weighted by atomic mass is 19.2. The molecule has 0 aliphatic heterocycles. The van der Waals surface area contributed by atoms with Gasteiger partial charge in [0.2, 0.25) is 5.82 Å². The van der Waals surface area contributed by atoms with Gasteiger partial charge in [0, 0.05) is 6.54 Å². The van der Waals surface area contributed by atoms with E-state index in [-0.39, 0.29) is 6.54 Å². The van der Waals surface area contributed by atoms with Gasteiger partial charge in [-0.05, 0) is 5.56 Å². The number of rotatable bonds is 3. The number of aromatic amines is 1.